The molecule has 1 aromatic rings. The monoisotopic (exact) mass is 293 g/mol. The maximum atomic E-state index is 11.6. The van der Waals surface area contributed by atoms with Gasteiger partial charge in [0.1, 0.15) is 6.04 Å². The molecule has 0 bridgehead atoms. The van der Waals surface area contributed by atoms with Crippen molar-refractivity contribution in [1.29, 1.82) is 0 Å². The van der Waals surface area contributed by atoms with Crippen molar-refractivity contribution in [2.24, 2.45) is 0 Å². The van der Waals surface area contributed by atoms with Gasteiger partial charge in [0, 0.05) is 12.8 Å². The lowest BCUT2D eigenvalue weighted by Crippen LogP contribution is -2.38. The van der Waals surface area contributed by atoms with Crippen LogP contribution in [0.25, 0.3) is 0 Å². The normalized spacial score (nSPS) is 14.9. The van der Waals surface area contributed by atoms with Crippen LogP contribution in [0.1, 0.15) is 25.3 Å². The zero-order chi connectivity index (χ0) is 15.2. The summed E-state index contributed by atoms with van der Waals surface area (Å²) in [7, 11) is 0. The highest BCUT2D eigenvalue weighted by Gasteiger charge is 2.14. The molecule has 0 fully saturated rings. The fraction of sp³-hybridized carbons (Fsp3) is 0.467. The zero-order valence-corrected chi connectivity index (χ0v) is 11.9. The number of fused-ring (bicyclic) bond motifs is 1. The Labute approximate surface area is 123 Å². The molecule has 0 saturated carbocycles. The minimum atomic E-state index is -1.04. The van der Waals surface area contributed by atoms with Crippen molar-refractivity contribution in [2.75, 3.05) is 13.2 Å². The topological polar surface area (TPSA) is 84.9 Å². The summed E-state index contributed by atoms with van der Waals surface area (Å²) in [5.41, 5.74) is 0.956. The second-order valence-electron chi connectivity index (χ2n) is 4.96. The average Bonchev–Trinajstić information content (AvgIpc) is 2.69. The summed E-state index contributed by atoms with van der Waals surface area (Å²) in [5, 5.41) is 11.2. The third kappa shape index (κ3) is 4.37. The van der Waals surface area contributed by atoms with E-state index in [1.54, 1.807) is 0 Å². The molecule has 114 valence electrons. The number of aryl methyl sites for hydroxylation is 1. The molecular formula is C15H19NO5. The molecule has 0 unspecified atom stereocenters. The number of carbonyl (C=O) groups is 2. The van der Waals surface area contributed by atoms with Crippen LogP contribution < -0.4 is 14.8 Å². The minimum absolute atomic E-state index is 0.233. The first-order valence-electron chi connectivity index (χ1n) is 6.97. The molecule has 0 aliphatic carbocycles. The first kappa shape index (κ1) is 15.2. The highest BCUT2D eigenvalue weighted by atomic mass is 16.5. The molecule has 1 aliphatic heterocycles. The molecule has 6 heteroatoms. The summed E-state index contributed by atoms with van der Waals surface area (Å²) < 4.78 is 11.1. The molecular weight excluding hydrogens is 274 g/mol. The number of ether oxygens (including phenoxy) is 2. The molecule has 0 radical (unpaired) electrons. The molecule has 0 aromatic heterocycles. The first-order chi connectivity index (χ1) is 10.1. The van der Waals surface area contributed by atoms with Crippen LogP contribution in [-0.4, -0.2) is 36.2 Å². The van der Waals surface area contributed by atoms with E-state index in [9.17, 15) is 9.59 Å². The molecule has 1 aliphatic rings. The number of carboxylic acid groups (broad SMARTS) is 1. The zero-order valence-electron chi connectivity index (χ0n) is 11.9. The van der Waals surface area contributed by atoms with Crippen molar-refractivity contribution >= 4 is 11.9 Å². The van der Waals surface area contributed by atoms with Gasteiger partial charge in [-0.15, -0.1) is 0 Å². The second-order valence-corrected chi connectivity index (χ2v) is 4.96. The molecule has 1 aromatic carbocycles. The van der Waals surface area contributed by atoms with Gasteiger partial charge in [-0.1, -0.05) is 6.07 Å². The van der Waals surface area contributed by atoms with E-state index < -0.39 is 12.0 Å². The van der Waals surface area contributed by atoms with E-state index in [-0.39, 0.29) is 12.3 Å². The number of benzene rings is 1. The molecule has 1 atom stereocenters. The number of carboxylic acids is 1. The fourth-order valence-electron chi connectivity index (χ4n) is 2.00. The quantitative estimate of drug-likeness (QED) is 0.856. The number of hydrogen-bond donors (Lipinski definition) is 2. The smallest absolute Gasteiger partial charge is 0.325 e. The van der Waals surface area contributed by atoms with Crippen molar-refractivity contribution in [3.05, 3.63) is 23.8 Å². The van der Waals surface area contributed by atoms with Gasteiger partial charge in [0.05, 0.1) is 13.2 Å². The summed E-state index contributed by atoms with van der Waals surface area (Å²) in [6.45, 7) is 2.70. The van der Waals surface area contributed by atoms with Crippen LogP contribution in [0.3, 0.4) is 0 Å². The average molecular weight is 293 g/mol. The Morgan fingerprint density at radius 1 is 1.29 bits per heavy atom. The number of nitrogens with one attached hydrogen (secondary N) is 1. The molecule has 0 spiro atoms. The maximum Gasteiger partial charge on any atom is 0.325 e. The third-order valence-corrected chi connectivity index (χ3v) is 3.20. The van der Waals surface area contributed by atoms with E-state index in [1.807, 2.05) is 18.2 Å². The molecule has 0 saturated heterocycles. The Bertz CT molecular complexity index is 529. The molecule has 6 nitrogen and oxygen atoms in total. The van der Waals surface area contributed by atoms with Crippen LogP contribution in [0.5, 0.6) is 11.5 Å². The number of carbonyl (C=O) groups excluding carboxylic acids is 1. The highest BCUT2D eigenvalue weighted by Crippen LogP contribution is 2.30. The van der Waals surface area contributed by atoms with Crippen LogP contribution in [0, 0.1) is 0 Å². The Hall–Kier alpha value is -2.24. The van der Waals surface area contributed by atoms with Gasteiger partial charge in [0.2, 0.25) is 5.91 Å². The van der Waals surface area contributed by atoms with Crippen molar-refractivity contribution in [2.45, 2.75) is 32.2 Å². The van der Waals surface area contributed by atoms with Gasteiger partial charge in [-0.25, -0.2) is 0 Å². The van der Waals surface area contributed by atoms with Gasteiger partial charge in [-0.3, -0.25) is 9.59 Å². The predicted octanol–water partition coefficient (Wildman–Crippen LogP) is 1.37. The number of rotatable bonds is 5. The standard InChI is InChI=1S/C15H19NO5/c1-10(15(18)19)16-14(17)6-4-11-3-5-12-13(9-11)21-8-2-7-20-12/h3,5,9-10H,2,4,6-8H2,1H3,(H,16,17)(H,18,19)/t10-/m1/s1. The minimum Gasteiger partial charge on any atom is -0.490 e. The lowest BCUT2D eigenvalue weighted by Gasteiger charge is -2.11. The van der Waals surface area contributed by atoms with E-state index >= 15 is 0 Å². The summed E-state index contributed by atoms with van der Waals surface area (Å²) in [6.07, 6.45) is 1.60. The highest BCUT2D eigenvalue weighted by molar-refractivity contribution is 5.83. The molecule has 1 heterocycles. The van der Waals surface area contributed by atoms with Gasteiger partial charge in [0.15, 0.2) is 11.5 Å². The van der Waals surface area contributed by atoms with Crippen LogP contribution in [0.4, 0.5) is 0 Å². The molecule has 2 N–H and O–H groups in total. The Morgan fingerprint density at radius 3 is 2.71 bits per heavy atom. The summed E-state index contributed by atoms with van der Waals surface area (Å²) in [6, 6.07) is 4.73. The van der Waals surface area contributed by atoms with Crippen LogP contribution in [-0.2, 0) is 16.0 Å². The number of hydrogen-bond acceptors (Lipinski definition) is 4. The third-order valence-electron chi connectivity index (χ3n) is 3.20. The first-order valence-corrected chi connectivity index (χ1v) is 6.97. The lowest BCUT2D eigenvalue weighted by atomic mass is 10.1. The maximum absolute atomic E-state index is 11.6. The Morgan fingerprint density at radius 2 is 2.00 bits per heavy atom. The van der Waals surface area contributed by atoms with Crippen molar-refractivity contribution in [3.8, 4) is 11.5 Å². The Balaban J connectivity index is 1.90. The van der Waals surface area contributed by atoms with Gasteiger partial charge in [-0.2, -0.15) is 0 Å². The summed E-state index contributed by atoms with van der Waals surface area (Å²) in [5.74, 6) is 0.0976. The molecule has 2 rings (SSSR count). The predicted molar refractivity (Wildman–Crippen MR) is 75.6 cm³/mol. The molecule has 21 heavy (non-hydrogen) atoms. The van der Waals surface area contributed by atoms with Crippen LogP contribution in [0.2, 0.25) is 0 Å². The van der Waals surface area contributed by atoms with Crippen molar-refractivity contribution in [1.82, 2.24) is 5.32 Å². The van der Waals surface area contributed by atoms with E-state index in [4.69, 9.17) is 14.6 Å². The van der Waals surface area contributed by atoms with Gasteiger partial charge in [0.25, 0.3) is 0 Å². The van der Waals surface area contributed by atoms with E-state index in [0.29, 0.717) is 25.4 Å². The second kappa shape index (κ2) is 6.97. The summed E-state index contributed by atoms with van der Waals surface area (Å²) >= 11 is 0. The van der Waals surface area contributed by atoms with Gasteiger partial charge in [-0.05, 0) is 31.0 Å². The van der Waals surface area contributed by atoms with Gasteiger partial charge >= 0.3 is 5.97 Å². The SMILES string of the molecule is C[C@@H](NC(=O)CCc1ccc2c(c1)OCCCO2)C(=O)O. The largest absolute Gasteiger partial charge is 0.490 e. The van der Waals surface area contributed by atoms with E-state index in [2.05, 4.69) is 5.32 Å². The van der Waals surface area contributed by atoms with E-state index in [0.717, 1.165) is 17.7 Å². The fourth-order valence-corrected chi connectivity index (χ4v) is 2.00. The van der Waals surface area contributed by atoms with E-state index in [1.165, 1.54) is 6.92 Å². The van der Waals surface area contributed by atoms with Crippen molar-refractivity contribution in [3.63, 3.8) is 0 Å². The lowest BCUT2D eigenvalue weighted by molar-refractivity contribution is -0.141. The van der Waals surface area contributed by atoms with Gasteiger partial charge < -0.3 is 19.9 Å². The summed E-state index contributed by atoms with van der Waals surface area (Å²) in [4.78, 5) is 22.3. The molecule has 1 amide bonds. The van der Waals surface area contributed by atoms with Crippen molar-refractivity contribution < 1.29 is 24.2 Å². The Kier molecular flexibility index (Phi) is 5.03. The van der Waals surface area contributed by atoms with Crippen LogP contribution >= 0.6 is 0 Å². The van der Waals surface area contributed by atoms with Crippen LogP contribution in [0.15, 0.2) is 18.2 Å². The number of aliphatic carboxylic acids is 1. The number of amides is 1.